The molecule has 0 aliphatic heterocycles. The zero-order chi connectivity index (χ0) is 23.2. The van der Waals surface area contributed by atoms with Gasteiger partial charge in [-0.1, -0.05) is 56.1 Å². The largest absolute Gasteiger partial charge is 0.478 e. The monoisotopic (exact) mass is 445 g/mol. The van der Waals surface area contributed by atoms with Gasteiger partial charge in [0, 0.05) is 23.8 Å². The summed E-state index contributed by atoms with van der Waals surface area (Å²) in [6.07, 6.45) is 1.25. The molecule has 0 saturated heterocycles. The molecule has 0 saturated carbocycles. The van der Waals surface area contributed by atoms with Crippen molar-refractivity contribution < 1.29 is 20.3 Å². The average molecular weight is 446 g/mol. The number of benzene rings is 2. The number of rotatable bonds is 5. The van der Waals surface area contributed by atoms with Gasteiger partial charge in [-0.05, 0) is 31.0 Å². The number of hydrogen-bond acceptors (Lipinski definition) is 6. The molecule has 0 aliphatic rings. The van der Waals surface area contributed by atoms with Crippen molar-refractivity contribution in [3.63, 3.8) is 0 Å². The number of nitrogens with one attached hydrogen (secondary N) is 1. The molecule has 1 heterocycles. The fourth-order valence-electron chi connectivity index (χ4n) is 2.85. The lowest BCUT2D eigenvalue weighted by Gasteiger charge is -2.20. The first-order valence-electron chi connectivity index (χ1n) is 9.67. The van der Waals surface area contributed by atoms with Crippen LogP contribution in [-0.4, -0.2) is 31.5 Å². The van der Waals surface area contributed by atoms with Gasteiger partial charge in [-0.25, -0.2) is 9.78 Å². The third kappa shape index (κ3) is 6.22. The maximum atomic E-state index is 11.1. The van der Waals surface area contributed by atoms with E-state index in [-0.39, 0.29) is 22.4 Å². The number of carbonyl (C=O) groups is 1. The molecule has 1 aromatic heterocycles. The molecule has 9 heteroatoms. The maximum absolute atomic E-state index is 11.1. The fraction of sp³-hybridized carbons (Fsp3) is 0.227. The van der Waals surface area contributed by atoms with Gasteiger partial charge < -0.3 is 5.11 Å². The van der Waals surface area contributed by atoms with Crippen LogP contribution in [0.1, 0.15) is 41.8 Å². The summed E-state index contributed by atoms with van der Waals surface area (Å²) in [4.78, 5) is 17.6. The number of aromatic nitrogens is 2. The Labute approximate surface area is 185 Å². The highest BCUT2D eigenvalue weighted by molar-refractivity contribution is 6.29. The molecule has 2 aromatic carbocycles. The third-order valence-electron chi connectivity index (χ3n) is 4.14. The smallest absolute Gasteiger partial charge is 0.335 e. The maximum Gasteiger partial charge on any atom is 0.335 e. The summed E-state index contributed by atoms with van der Waals surface area (Å²) in [7, 11) is 0. The summed E-state index contributed by atoms with van der Waals surface area (Å²) >= 11 is 6.11. The second-order valence-corrected chi connectivity index (χ2v) is 7.33. The van der Waals surface area contributed by atoms with E-state index in [0.29, 0.717) is 5.69 Å². The second kappa shape index (κ2) is 10.3. The van der Waals surface area contributed by atoms with E-state index in [1.54, 1.807) is 6.07 Å². The molecule has 0 spiro atoms. The van der Waals surface area contributed by atoms with E-state index in [1.807, 2.05) is 32.0 Å². The van der Waals surface area contributed by atoms with Crippen LogP contribution in [0.3, 0.4) is 0 Å². The lowest BCUT2D eigenvalue weighted by molar-refractivity contribution is -0.272. The van der Waals surface area contributed by atoms with Crippen LogP contribution >= 0.6 is 11.6 Å². The number of quaternary nitrogens is 1. The number of aryl methyl sites for hydroxylation is 2. The molecule has 4 N–H and O–H groups in total. The van der Waals surface area contributed by atoms with Crippen LogP contribution in [0, 0.1) is 13.8 Å². The molecule has 164 valence electrons. The van der Waals surface area contributed by atoms with E-state index in [2.05, 4.69) is 29.2 Å². The van der Waals surface area contributed by atoms with Gasteiger partial charge in [0.25, 0.3) is 5.95 Å². The number of halogens is 1. The van der Waals surface area contributed by atoms with Crippen molar-refractivity contribution in [2.45, 2.75) is 34.1 Å². The molecular formula is C22H26ClN4O4+. The number of hydrogen-bond donors (Lipinski definition) is 4. The lowest BCUT2D eigenvalue weighted by atomic mass is 10.00. The van der Waals surface area contributed by atoms with Crippen LogP contribution in [-0.2, 0) is 0 Å². The Morgan fingerprint density at radius 3 is 2.19 bits per heavy atom. The van der Waals surface area contributed by atoms with Crippen molar-refractivity contribution in [1.82, 2.24) is 14.9 Å². The minimum Gasteiger partial charge on any atom is -0.478 e. The van der Waals surface area contributed by atoms with Crippen LogP contribution < -0.4 is 10.3 Å². The van der Waals surface area contributed by atoms with Crippen molar-refractivity contribution in [3.8, 4) is 11.3 Å². The van der Waals surface area contributed by atoms with Gasteiger partial charge in [0.15, 0.2) is 0 Å². The van der Waals surface area contributed by atoms with E-state index in [0.717, 1.165) is 22.8 Å². The van der Waals surface area contributed by atoms with Crippen molar-refractivity contribution >= 4 is 29.2 Å². The summed E-state index contributed by atoms with van der Waals surface area (Å²) in [6, 6.07) is 12.6. The standard InChI is InChI=1S/C19H17ClN4O4.C3H8/c1-11-5-3-6-12(2)17(11)15-10-16(20)22-19(21-15)23-24(27,28)14-8-4-7-13(9-14)18(25)26;1-3-2/h3-10,27-28H,1-2H3,(H-,21,22,23,25,26);3H2,1-2H3/p+1. The first-order valence-corrected chi connectivity index (χ1v) is 10.0. The Balaban J connectivity index is 0.00000107. The van der Waals surface area contributed by atoms with Gasteiger partial charge in [-0.15, -0.1) is 15.8 Å². The van der Waals surface area contributed by atoms with Crippen molar-refractivity contribution in [2.75, 3.05) is 5.43 Å². The highest BCUT2D eigenvalue weighted by Gasteiger charge is 2.30. The minimum absolute atomic E-state index is 0.104. The van der Waals surface area contributed by atoms with Crippen molar-refractivity contribution in [2.24, 2.45) is 0 Å². The molecule has 0 unspecified atom stereocenters. The third-order valence-corrected chi connectivity index (χ3v) is 4.33. The van der Waals surface area contributed by atoms with Crippen LogP contribution in [0.15, 0.2) is 48.5 Å². The van der Waals surface area contributed by atoms with Crippen molar-refractivity contribution in [3.05, 3.63) is 70.4 Å². The van der Waals surface area contributed by atoms with Crippen molar-refractivity contribution in [1.29, 1.82) is 0 Å². The Morgan fingerprint density at radius 1 is 1.03 bits per heavy atom. The molecule has 0 fully saturated rings. The average Bonchev–Trinajstić information content (AvgIpc) is 2.68. The molecule has 0 aliphatic carbocycles. The Morgan fingerprint density at radius 2 is 1.61 bits per heavy atom. The van der Waals surface area contributed by atoms with Gasteiger partial charge in [0.1, 0.15) is 5.15 Å². The van der Waals surface area contributed by atoms with Crippen LogP contribution in [0.25, 0.3) is 11.3 Å². The molecule has 0 bridgehead atoms. The molecule has 3 aromatic rings. The number of anilines is 1. The van der Waals surface area contributed by atoms with Crippen LogP contribution in [0.4, 0.5) is 11.6 Å². The lowest BCUT2D eigenvalue weighted by Crippen LogP contribution is -2.48. The summed E-state index contributed by atoms with van der Waals surface area (Å²) in [5, 5.41) is 29.9. The molecular weight excluding hydrogens is 420 g/mol. The van der Waals surface area contributed by atoms with E-state index in [9.17, 15) is 15.2 Å². The topological polar surface area (TPSA) is 116 Å². The van der Waals surface area contributed by atoms with Crippen LogP contribution in [0.2, 0.25) is 5.15 Å². The van der Waals surface area contributed by atoms with Gasteiger partial charge in [-0.3, -0.25) is 0 Å². The predicted molar refractivity (Wildman–Crippen MR) is 120 cm³/mol. The van der Waals surface area contributed by atoms with E-state index in [1.165, 1.54) is 24.6 Å². The highest BCUT2D eigenvalue weighted by atomic mass is 35.5. The molecule has 0 radical (unpaired) electrons. The first kappa shape index (κ1) is 24.2. The second-order valence-electron chi connectivity index (χ2n) is 6.94. The highest BCUT2D eigenvalue weighted by Crippen LogP contribution is 2.29. The molecule has 31 heavy (non-hydrogen) atoms. The molecule has 0 amide bonds. The summed E-state index contributed by atoms with van der Waals surface area (Å²) < 4.78 is 0. The molecule has 0 atom stereocenters. The van der Waals surface area contributed by atoms with Crippen LogP contribution in [0.5, 0.6) is 0 Å². The minimum atomic E-state index is -1.85. The first-order chi connectivity index (χ1) is 14.6. The number of carboxylic acid groups (broad SMARTS) is 1. The molecule has 8 nitrogen and oxygen atoms in total. The van der Waals surface area contributed by atoms with E-state index in [4.69, 9.17) is 16.7 Å². The Kier molecular flexibility index (Phi) is 8.07. The summed E-state index contributed by atoms with van der Waals surface area (Å²) in [5.74, 6) is -1.34. The van der Waals surface area contributed by atoms with Gasteiger partial charge >= 0.3 is 5.97 Å². The van der Waals surface area contributed by atoms with Gasteiger partial charge in [0.2, 0.25) is 5.69 Å². The summed E-state index contributed by atoms with van der Waals surface area (Å²) in [5.41, 5.74) is 5.42. The summed E-state index contributed by atoms with van der Waals surface area (Å²) in [6.45, 7) is 8.11. The predicted octanol–water partition coefficient (Wildman–Crippen LogP) is 5.64. The SMILES string of the molecule is CCC.Cc1cccc(C)c1-c1cc(Cl)nc(N[N+](O)(O)c2cccc(C(=O)O)c2)n1. The molecule has 3 rings (SSSR count). The Hall–Kier alpha value is -3.04. The zero-order valence-electron chi connectivity index (χ0n) is 17.8. The Bertz CT molecular complexity index is 1050. The van der Waals surface area contributed by atoms with E-state index < -0.39 is 10.9 Å². The quantitative estimate of drug-likeness (QED) is 0.228. The van der Waals surface area contributed by atoms with Gasteiger partial charge in [0.05, 0.1) is 16.2 Å². The fourth-order valence-corrected chi connectivity index (χ4v) is 3.03. The number of carboxylic acids is 1. The van der Waals surface area contributed by atoms with Gasteiger partial charge in [-0.2, -0.15) is 4.98 Å². The van der Waals surface area contributed by atoms with E-state index >= 15 is 0 Å². The zero-order valence-corrected chi connectivity index (χ0v) is 18.6. The number of nitrogens with zero attached hydrogens (tertiary/aromatic N) is 3. The number of aromatic carboxylic acids is 1. The normalized spacial score (nSPS) is 10.8.